The van der Waals surface area contributed by atoms with Crippen molar-refractivity contribution in [3.63, 3.8) is 0 Å². The number of amides is 1. The predicted octanol–water partition coefficient (Wildman–Crippen LogP) is 2.90. The summed E-state index contributed by atoms with van der Waals surface area (Å²) in [5.41, 5.74) is 7.08. The van der Waals surface area contributed by atoms with Gasteiger partial charge in [-0.1, -0.05) is 0 Å². The molecule has 2 heterocycles. The highest BCUT2D eigenvalue weighted by Gasteiger charge is 2.27. The summed E-state index contributed by atoms with van der Waals surface area (Å²) < 4.78 is 27.4. The largest absolute Gasteiger partial charge is 0.368 e. The van der Waals surface area contributed by atoms with Gasteiger partial charge in [-0.05, 0) is 37.1 Å². The first kappa shape index (κ1) is 18.8. The van der Waals surface area contributed by atoms with Crippen molar-refractivity contribution in [2.45, 2.75) is 23.7 Å². The molecular formula is C17H17N5O3S3. The molecule has 146 valence electrons. The fraction of sp³-hybridized carbons (Fsp3) is 0.235. The maximum Gasteiger partial charge on any atom is 0.263 e. The summed E-state index contributed by atoms with van der Waals surface area (Å²) in [5, 5.41) is 4.65. The minimum atomic E-state index is -3.74. The lowest BCUT2D eigenvalue weighted by atomic mass is 10.3. The standard InChI is InChI=1S/C17H17N5O3S3/c18-15(23)9-22(17-20-14(10-27-17)11-1-2-11)12-3-5-13(6-4-12)28(24,25)21-16-19-7-8-26-16/h3-8,10-11H,1-2,9H2,(H2,18,23)(H,19,21). The third-order valence-corrected chi connectivity index (χ3v) is 7.22. The molecule has 0 atom stereocenters. The quantitative estimate of drug-likeness (QED) is 0.562. The third kappa shape index (κ3) is 4.16. The summed E-state index contributed by atoms with van der Waals surface area (Å²) in [6.45, 7) is -0.0406. The van der Waals surface area contributed by atoms with Gasteiger partial charge in [0.25, 0.3) is 10.0 Å². The molecule has 2 aromatic heterocycles. The van der Waals surface area contributed by atoms with Gasteiger partial charge in [-0.15, -0.1) is 22.7 Å². The van der Waals surface area contributed by atoms with E-state index in [-0.39, 0.29) is 11.4 Å². The Kier molecular flexibility index (Phi) is 5.04. The molecular weight excluding hydrogens is 418 g/mol. The van der Waals surface area contributed by atoms with Gasteiger partial charge in [0.2, 0.25) is 5.91 Å². The highest BCUT2D eigenvalue weighted by atomic mass is 32.2. The SMILES string of the molecule is NC(=O)CN(c1ccc(S(=O)(=O)Nc2nccs2)cc1)c1nc(C2CC2)cs1. The van der Waals surface area contributed by atoms with E-state index in [1.165, 1.54) is 41.0 Å². The number of primary amides is 1. The highest BCUT2D eigenvalue weighted by molar-refractivity contribution is 7.93. The van der Waals surface area contributed by atoms with Crippen LogP contribution in [0.4, 0.5) is 16.0 Å². The van der Waals surface area contributed by atoms with Gasteiger partial charge >= 0.3 is 0 Å². The molecule has 8 nitrogen and oxygen atoms in total. The number of thiazole rings is 2. The number of aromatic nitrogens is 2. The van der Waals surface area contributed by atoms with Gasteiger partial charge in [-0.25, -0.2) is 18.4 Å². The number of benzene rings is 1. The average molecular weight is 436 g/mol. The van der Waals surface area contributed by atoms with E-state index in [4.69, 9.17) is 5.73 Å². The Labute approximate surface area is 170 Å². The molecule has 1 aromatic carbocycles. The molecule has 1 aliphatic carbocycles. The molecule has 28 heavy (non-hydrogen) atoms. The van der Waals surface area contributed by atoms with Gasteiger partial charge in [-0.3, -0.25) is 9.52 Å². The van der Waals surface area contributed by atoms with E-state index in [1.54, 1.807) is 22.4 Å². The molecule has 1 aliphatic rings. The molecule has 4 rings (SSSR count). The normalized spacial score (nSPS) is 14.0. The van der Waals surface area contributed by atoms with E-state index >= 15 is 0 Å². The number of nitrogens with two attached hydrogens (primary N) is 1. The number of sulfonamides is 1. The number of nitrogens with one attached hydrogen (secondary N) is 1. The first-order valence-electron chi connectivity index (χ1n) is 8.46. The monoisotopic (exact) mass is 435 g/mol. The van der Waals surface area contributed by atoms with Crippen molar-refractivity contribution >= 4 is 54.6 Å². The van der Waals surface area contributed by atoms with Crippen LogP contribution in [0.5, 0.6) is 0 Å². The van der Waals surface area contributed by atoms with Crippen molar-refractivity contribution < 1.29 is 13.2 Å². The van der Waals surface area contributed by atoms with Gasteiger partial charge in [0.15, 0.2) is 10.3 Å². The van der Waals surface area contributed by atoms with Crippen LogP contribution in [0.1, 0.15) is 24.5 Å². The molecule has 0 spiro atoms. The van der Waals surface area contributed by atoms with Crippen LogP contribution >= 0.6 is 22.7 Å². The van der Waals surface area contributed by atoms with Crippen molar-refractivity contribution in [1.82, 2.24) is 9.97 Å². The summed E-state index contributed by atoms with van der Waals surface area (Å²) in [5.74, 6) is 0.00943. The van der Waals surface area contributed by atoms with Crippen LogP contribution in [-0.4, -0.2) is 30.8 Å². The van der Waals surface area contributed by atoms with E-state index in [0.29, 0.717) is 21.9 Å². The number of hydrogen-bond donors (Lipinski definition) is 2. The molecule has 11 heteroatoms. The maximum absolute atomic E-state index is 12.5. The van der Waals surface area contributed by atoms with Crippen molar-refractivity contribution in [3.05, 3.63) is 46.9 Å². The number of carbonyl (C=O) groups excluding carboxylic acids is 1. The zero-order chi connectivity index (χ0) is 19.7. The minimum Gasteiger partial charge on any atom is -0.368 e. The van der Waals surface area contributed by atoms with Gasteiger partial charge in [0.05, 0.1) is 10.6 Å². The molecule has 1 amide bonds. The molecule has 3 N–H and O–H groups in total. The Morgan fingerprint density at radius 2 is 2.00 bits per heavy atom. The molecule has 0 saturated heterocycles. The molecule has 0 unspecified atom stereocenters. The van der Waals surface area contributed by atoms with E-state index in [2.05, 4.69) is 14.7 Å². The fourth-order valence-corrected chi connectivity index (χ4v) is 5.36. The first-order valence-corrected chi connectivity index (χ1v) is 11.7. The van der Waals surface area contributed by atoms with E-state index in [9.17, 15) is 13.2 Å². The number of anilines is 3. The fourth-order valence-electron chi connectivity index (χ4n) is 2.64. The molecule has 1 saturated carbocycles. The molecule has 0 aliphatic heterocycles. The average Bonchev–Trinajstić information content (AvgIpc) is 3.17. The summed E-state index contributed by atoms with van der Waals surface area (Å²) in [6, 6.07) is 6.23. The predicted molar refractivity (Wildman–Crippen MR) is 110 cm³/mol. The second-order valence-electron chi connectivity index (χ2n) is 6.32. The Bertz CT molecular complexity index is 1070. The lowest BCUT2D eigenvalue weighted by molar-refractivity contribution is -0.116. The van der Waals surface area contributed by atoms with Crippen molar-refractivity contribution in [1.29, 1.82) is 0 Å². The number of nitrogens with zero attached hydrogens (tertiary/aromatic N) is 3. The zero-order valence-corrected chi connectivity index (χ0v) is 17.1. The minimum absolute atomic E-state index is 0.0406. The van der Waals surface area contributed by atoms with E-state index in [1.807, 2.05) is 5.38 Å². The summed E-state index contributed by atoms with van der Waals surface area (Å²) >= 11 is 2.64. The van der Waals surface area contributed by atoms with Crippen LogP contribution in [0.15, 0.2) is 46.1 Å². The molecule has 3 aromatic rings. The van der Waals surface area contributed by atoms with Crippen LogP contribution in [0, 0.1) is 0 Å². The Hall–Kier alpha value is -2.50. The van der Waals surface area contributed by atoms with Gasteiger partial charge in [0.1, 0.15) is 6.54 Å². The lowest BCUT2D eigenvalue weighted by Gasteiger charge is -2.20. The van der Waals surface area contributed by atoms with E-state index in [0.717, 1.165) is 18.5 Å². The van der Waals surface area contributed by atoms with Gasteiger partial charge in [0, 0.05) is 28.6 Å². The van der Waals surface area contributed by atoms with Crippen LogP contribution in [0.2, 0.25) is 0 Å². The van der Waals surface area contributed by atoms with Gasteiger partial charge in [-0.2, -0.15) is 0 Å². The molecule has 0 bridgehead atoms. The van der Waals surface area contributed by atoms with Crippen molar-refractivity contribution in [2.75, 3.05) is 16.2 Å². The van der Waals surface area contributed by atoms with Gasteiger partial charge < -0.3 is 10.6 Å². The third-order valence-electron chi connectivity index (χ3n) is 4.16. The van der Waals surface area contributed by atoms with Crippen molar-refractivity contribution in [3.8, 4) is 0 Å². The summed E-state index contributed by atoms with van der Waals surface area (Å²) in [7, 11) is -3.74. The summed E-state index contributed by atoms with van der Waals surface area (Å²) in [6.07, 6.45) is 3.80. The number of carbonyl (C=O) groups is 1. The molecule has 0 radical (unpaired) electrons. The topological polar surface area (TPSA) is 118 Å². The zero-order valence-electron chi connectivity index (χ0n) is 14.6. The van der Waals surface area contributed by atoms with E-state index < -0.39 is 15.9 Å². The second-order valence-corrected chi connectivity index (χ2v) is 9.73. The highest BCUT2D eigenvalue weighted by Crippen LogP contribution is 2.42. The van der Waals surface area contributed by atoms with Crippen LogP contribution in [0.25, 0.3) is 0 Å². The smallest absolute Gasteiger partial charge is 0.263 e. The Balaban J connectivity index is 1.59. The number of hydrogen-bond acceptors (Lipinski definition) is 8. The second kappa shape index (κ2) is 7.49. The van der Waals surface area contributed by atoms with Crippen LogP contribution in [0.3, 0.4) is 0 Å². The van der Waals surface area contributed by atoms with Crippen LogP contribution < -0.4 is 15.4 Å². The Morgan fingerprint density at radius 3 is 2.61 bits per heavy atom. The van der Waals surface area contributed by atoms with Crippen LogP contribution in [-0.2, 0) is 14.8 Å². The summed E-state index contributed by atoms with van der Waals surface area (Å²) in [4.78, 5) is 21.9. The lowest BCUT2D eigenvalue weighted by Crippen LogP contribution is -2.30. The Morgan fingerprint density at radius 1 is 1.25 bits per heavy atom. The number of rotatable bonds is 8. The van der Waals surface area contributed by atoms with Crippen molar-refractivity contribution in [2.24, 2.45) is 5.73 Å². The maximum atomic E-state index is 12.5. The molecule has 1 fully saturated rings. The first-order chi connectivity index (χ1) is 13.4.